The zero-order chi connectivity index (χ0) is 8.32. The summed E-state index contributed by atoms with van der Waals surface area (Å²) >= 11 is 0. The minimum absolute atomic E-state index is 0.132. The van der Waals surface area contributed by atoms with Crippen molar-refractivity contribution in [3.63, 3.8) is 0 Å². The predicted octanol–water partition coefficient (Wildman–Crippen LogP) is 1.22. The average Bonchev–Trinajstić information content (AvgIpc) is 2.32. The van der Waals surface area contributed by atoms with Crippen LogP contribution in [0.25, 0.3) is 0 Å². The van der Waals surface area contributed by atoms with Gasteiger partial charge in [0.05, 0.1) is 6.54 Å². The number of ether oxygens (including phenoxy) is 2. The van der Waals surface area contributed by atoms with Gasteiger partial charge in [0.2, 0.25) is 6.79 Å². The van der Waals surface area contributed by atoms with Crippen LogP contribution in [0.2, 0.25) is 0 Å². The fraction of sp³-hybridized carbons (Fsp3) is 0.750. The third kappa shape index (κ3) is 3.28. The van der Waals surface area contributed by atoms with Crippen molar-refractivity contribution in [3.05, 3.63) is 12.0 Å². The highest BCUT2D eigenvalue weighted by molar-refractivity contribution is 4.94. The van der Waals surface area contributed by atoms with Crippen LogP contribution in [0.3, 0.4) is 0 Å². The van der Waals surface area contributed by atoms with Gasteiger partial charge in [-0.3, -0.25) is 0 Å². The molecule has 3 heteroatoms. The highest BCUT2D eigenvalue weighted by Gasteiger charge is 2.12. The Balaban J connectivity index is 2.22. The smallest absolute Gasteiger partial charge is 0.229 e. The molecule has 0 spiro atoms. The molecule has 1 N–H and O–H groups in total. The van der Waals surface area contributed by atoms with E-state index in [4.69, 9.17) is 9.47 Å². The predicted molar refractivity (Wildman–Crippen MR) is 42.9 cm³/mol. The molecule has 0 bridgehead atoms. The minimum Gasteiger partial charge on any atom is -0.462 e. The summed E-state index contributed by atoms with van der Waals surface area (Å²) in [6, 6.07) is 0. The van der Waals surface area contributed by atoms with E-state index in [0.29, 0.717) is 6.79 Å². The first kappa shape index (κ1) is 8.40. The third-order valence-electron chi connectivity index (χ3n) is 1.32. The molecule has 0 amide bonds. The molecule has 0 fully saturated rings. The van der Waals surface area contributed by atoms with E-state index in [0.717, 1.165) is 12.3 Å². The lowest BCUT2D eigenvalue weighted by molar-refractivity contribution is 0.0780. The Morgan fingerprint density at radius 3 is 2.73 bits per heavy atom. The van der Waals surface area contributed by atoms with Gasteiger partial charge in [0.15, 0.2) is 0 Å². The Labute approximate surface area is 67.4 Å². The number of hydrogen-bond acceptors (Lipinski definition) is 3. The van der Waals surface area contributed by atoms with E-state index < -0.39 is 0 Å². The molecule has 0 radical (unpaired) electrons. The first-order valence-electron chi connectivity index (χ1n) is 3.76. The number of rotatable bonds is 2. The van der Waals surface area contributed by atoms with E-state index >= 15 is 0 Å². The third-order valence-corrected chi connectivity index (χ3v) is 1.32. The second kappa shape index (κ2) is 3.13. The van der Waals surface area contributed by atoms with Crippen LogP contribution in [-0.4, -0.2) is 18.9 Å². The van der Waals surface area contributed by atoms with Crippen LogP contribution in [0.15, 0.2) is 12.0 Å². The molecule has 3 nitrogen and oxygen atoms in total. The van der Waals surface area contributed by atoms with Crippen molar-refractivity contribution in [2.24, 2.45) is 0 Å². The number of nitrogens with one attached hydrogen (secondary N) is 1. The van der Waals surface area contributed by atoms with Gasteiger partial charge >= 0.3 is 0 Å². The molecular formula is C8H15NO2. The fourth-order valence-corrected chi connectivity index (χ4v) is 0.716. The van der Waals surface area contributed by atoms with Crippen molar-refractivity contribution < 1.29 is 9.47 Å². The van der Waals surface area contributed by atoms with E-state index in [1.807, 2.05) is 0 Å². The molecule has 64 valence electrons. The molecule has 0 saturated carbocycles. The normalized spacial score (nSPS) is 17.2. The lowest BCUT2D eigenvalue weighted by Gasteiger charge is -2.19. The molecule has 0 aromatic carbocycles. The van der Waals surface area contributed by atoms with Crippen LogP contribution in [0, 0.1) is 0 Å². The van der Waals surface area contributed by atoms with Gasteiger partial charge in [-0.05, 0) is 20.8 Å². The lowest BCUT2D eigenvalue weighted by Crippen LogP contribution is -2.37. The molecule has 0 aromatic rings. The SMILES string of the molecule is CC(C)(C)NCC1=COCO1. The topological polar surface area (TPSA) is 30.5 Å². The summed E-state index contributed by atoms with van der Waals surface area (Å²) in [7, 11) is 0. The van der Waals surface area contributed by atoms with Gasteiger partial charge in [-0.15, -0.1) is 0 Å². The van der Waals surface area contributed by atoms with Crippen molar-refractivity contribution >= 4 is 0 Å². The highest BCUT2D eigenvalue weighted by atomic mass is 16.7. The molecule has 0 atom stereocenters. The van der Waals surface area contributed by atoms with E-state index in [9.17, 15) is 0 Å². The first-order valence-corrected chi connectivity index (χ1v) is 3.76. The summed E-state index contributed by atoms with van der Waals surface area (Å²) in [4.78, 5) is 0. The van der Waals surface area contributed by atoms with Gasteiger partial charge in [0.1, 0.15) is 12.0 Å². The monoisotopic (exact) mass is 157 g/mol. The van der Waals surface area contributed by atoms with Crippen molar-refractivity contribution in [1.29, 1.82) is 0 Å². The average molecular weight is 157 g/mol. The Bertz CT molecular complexity index is 158. The van der Waals surface area contributed by atoms with Crippen molar-refractivity contribution in [1.82, 2.24) is 5.32 Å². The maximum atomic E-state index is 5.12. The Hall–Kier alpha value is -0.700. The van der Waals surface area contributed by atoms with Crippen LogP contribution in [-0.2, 0) is 9.47 Å². The quantitative estimate of drug-likeness (QED) is 0.653. The van der Waals surface area contributed by atoms with E-state index in [1.165, 1.54) is 0 Å². The Kier molecular flexibility index (Phi) is 2.39. The van der Waals surface area contributed by atoms with Gasteiger partial charge < -0.3 is 14.8 Å². The molecule has 11 heavy (non-hydrogen) atoms. The molecule has 1 aliphatic rings. The zero-order valence-corrected chi connectivity index (χ0v) is 7.31. The summed E-state index contributed by atoms with van der Waals surface area (Å²) < 4.78 is 10.0. The Morgan fingerprint density at radius 1 is 1.55 bits per heavy atom. The zero-order valence-electron chi connectivity index (χ0n) is 7.31. The van der Waals surface area contributed by atoms with Crippen LogP contribution < -0.4 is 5.32 Å². The minimum atomic E-state index is 0.132. The van der Waals surface area contributed by atoms with E-state index in [-0.39, 0.29) is 5.54 Å². The van der Waals surface area contributed by atoms with Crippen LogP contribution in [0.5, 0.6) is 0 Å². The molecule has 0 aliphatic carbocycles. The van der Waals surface area contributed by atoms with Gasteiger partial charge in [-0.25, -0.2) is 0 Å². The van der Waals surface area contributed by atoms with Crippen LogP contribution in [0.1, 0.15) is 20.8 Å². The number of hydrogen-bond donors (Lipinski definition) is 1. The molecule has 1 aliphatic heterocycles. The standard InChI is InChI=1S/C8H15NO2/c1-8(2,3)9-4-7-5-10-6-11-7/h5,9H,4,6H2,1-3H3. The molecular weight excluding hydrogens is 142 g/mol. The fourth-order valence-electron chi connectivity index (χ4n) is 0.716. The lowest BCUT2D eigenvalue weighted by atomic mass is 10.1. The molecule has 1 rings (SSSR count). The van der Waals surface area contributed by atoms with Crippen LogP contribution >= 0.6 is 0 Å². The van der Waals surface area contributed by atoms with Crippen molar-refractivity contribution in [3.8, 4) is 0 Å². The first-order chi connectivity index (χ1) is 5.08. The second-order valence-electron chi connectivity index (χ2n) is 3.62. The highest BCUT2D eigenvalue weighted by Crippen LogP contribution is 2.07. The largest absolute Gasteiger partial charge is 0.462 e. The second-order valence-corrected chi connectivity index (χ2v) is 3.62. The van der Waals surface area contributed by atoms with Crippen LogP contribution in [0.4, 0.5) is 0 Å². The van der Waals surface area contributed by atoms with E-state index in [2.05, 4.69) is 26.1 Å². The molecule has 1 heterocycles. The van der Waals surface area contributed by atoms with Gasteiger partial charge in [0, 0.05) is 5.54 Å². The molecule has 0 aromatic heterocycles. The van der Waals surface area contributed by atoms with Crippen molar-refractivity contribution in [2.45, 2.75) is 26.3 Å². The Morgan fingerprint density at radius 2 is 2.27 bits per heavy atom. The van der Waals surface area contributed by atoms with Gasteiger partial charge in [0.25, 0.3) is 0 Å². The maximum Gasteiger partial charge on any atom is 0.229 e. The maximum absolute atomic E-state index is 5.12. The summed E-state index contributed by atoms with van der Waals surface area (Å²) in [5.74, 6) is 0.875. The molecule has 0 saturated heterocycles. The summed E-state index contributed by atoms with van der Waals surface area (Å²) in [6.07, 6.45) is 1.65. The van der Waals surface area contributed by atoms with Gasteiger partial charge in [-0.1, -0.05) is 0 Å². The summed E-state index contributed by atoms with van der Waals surface area (Å²) in [6.45, 7) is 7.45. The van der Waals surface area contributed by atoms with E-state index in [1.54, 1.807) is 6.26 Å². The van der Waals surface area contributed by atoms with Gasteiger partial charge in [-0.2, -0.15) is 0 Å². The summed E-state index contributed by atoms with van der Waals surface area (Å²) in [5.41, 5.74) is 0.132. The summed E-state index contributed by atoms with van der Waals surface area (Å²) in [5, 5.41) is 3.29. The molecule has 0 unspecified atom stereocenters. The van der Waals surface area contributed by atoms with Crippen molar-refractivity contribution in [2.75, 3.05) is 13.3 Å².